The molecule has 19 rings (SSSR count). The van der Waals surface area contributed by atoms with Gasteiger partial charge in [0.05, 0.1) is 33.4 Å². The van der Waals surface area contributed by atoms with Gasteiger partial charge in [0.15, 0.2) is 0 Å². The molecule has 0 N–H and O–H groups in total. The Morgan fingerprint density at radius 2 is 0.708 bits per heavy atom. The highest BCUT2D eigenvalue weighted by molar-refractivity contribution is 6.99. The van der Waals surface area contributed by atoms with Crippen molar-refractivity contribution >= 4 is 116 Å². The topological polar surface area (TPSA) is 22.3 Å². The van der Waals surface area contributed by atoms with Crippen LogP contribution in [0.4, 0.5) is 17.1 Å². The minimum Gasteiger partial charge on any atom is -0.458 e. The summed E-state index contributed by atoms with van der Waals surface area (Å²) in [5.41, 5.74) is 22.7. The van der Waals surface area contributed by atoms with E-state index in [1.54, 1.807) is 0 Å². The summed E-state index contributed by atoms with van der Waals surface area (Å²) in [6, 6.07) is 117. The van der Waals surface area contributed by atoms with Crippen LogP contribution in [-0.4, -0.2) is 15.8 Å². The van der Waals surface area contributed by atoms with E-state index in [1.165, 1.54) is 76.0 Å². The molecule has 0 saturated heterocycles. The number of aromatic nitrogens is 2. The molecule has 2 aromatic heterocycles. The van der Waals surface area contributed by atoms with Gasteiger partial charge in [-0.3, -0.25) is 0 Å². The van der Waals surface area contributed by atoms with Crippen LogP contribution in [0, 0.1) is 0 Å². The number of hydrogen-bond acceptors (Lipinski definition) is 2. The maximum atomic E-state index is 7.69. The van der Waals surface area contributed by atoms with Crippen molar-refractivity contribution in [3.8, 4) is 67.4 Å². The van der Waals surface area contributed by atoms with Gasteiger partial charge in [0.1, 0.15) is 11.5 Å². The van der Waals surface area contributed by atoms with Crippen molar-refractivity contribution in [2.24, 2.45) is 0 Å². The first-order valence-electron chi connectivity index (χ1n) is 30.8. The zero-order chi connectivity index (χ0) is 58.3. The van der Waals surface area contributed by atoms with Crippen molar-refractivity contribution in [2.75, 3.05) is 4.90 Å². The Bertz CT molecular complexity index is 5580. The van der Waals surface area contributed by atoms with Crippen LogP contribution < -0.4 is 26.0 Å². The van der Waals surface area contributed by atoms with Crippen LogP contribution in [0.15, 0.2) is 315 Å². The lowest BCUT2D eigenvalue weighted by molar-refractivity contribution is 0.487. The SMILES string of the molecule is c1ccc(-c2cccc(-c3ccccc3)c2N2c3cc(-c4c5ccccc5c(-c5cccc6ccccc56)c5ccccc45)ccc3B3c4ccc(-n5c6ccccc6c6ccccc65)cc4Oc4cc(-n5c6ccccc6c6ccccc65)cc2c43)cc1. The van der Waals surface area contributed by atoms with Crippen LogP contribution >= 0.6 is 0 Å². The number of nitrogens with zero attached hydrogens (tertiary/aromatic N) is 3. The zero-order valence-corrected chi connectivity index (χ0v) is 48.3. The lowest BCUT2D eigenvalue weighted by Crippen LogP contribution is -2.59. The van der Waals surface area contributed by atoms with Crippen LogP contribution in [0.25, 0.3) is 132 Å². The monoisotopic (exact) mass is 1130 g/mol. The molecule has 0 unspecified atom stereocenters. The fraction of sp³-hybridized carbons (Fsp3) is 0. The molecule has 5 heteroatoms. The van der Waals surface area contributed by atoms with Crippen LogP contribution in [0.1, 0.15) is 0 Å². The number of fused-ring (bicyclic) bond motifs is 13. The summed E-state index contributed by atoms with van der Waals surface area (Å²) in [6.07, 6.45) is 0. The van der Waals surface area contributed by atoms with Crippen molar-refractivity contribution in [1.82, 2.24) is 9.13 Å². The maximum absolute atomic E-state index is 7.69. The molecule has 17 aromatic rings. The van der Waals surface area contributed by atoms with Crippen LogP contribution in [0.5, 0.6) is 11.5 Å². The summed E-state index contributed by atoms with van der Waals surface area (Å²) in [4.78, 5) is 2.62. The van der Waals surface area contributed by atoms with E-state index in [-0.39, 0.29) is 6.71 Å². The molecule has 0 bridgehead atoms. The first-order chi connectivity index (χ1) is 44.2. The predicted molar refractivity (Wildman–Crippen MR) is 375 cm³/mol. The number of ether oxygens (including phenoxy) is 1. The van der Waals surface area contributed by atoms with Gasteiger partial charge in [-0.05, 0) is 125 Å². The number of para-hydroxylation sites is 5. The van der Waals surface area contributed by atoms with Gasteiger partial charge < -0.3 is 18.8 Å². The molecular weight excluding hydrogens is 1080 g/mol. The summed E-state index contributed by atoms with van der Waals surface area (Å²) in [7, 11) is 0. The van der Waals surface area contributed by atoms with Crippen molar-refractivity contribution in [3.05, 3.63) is 315 Å². The second kappa shape index (κ2) is 19.4. The third-order valence-electron chi connectivity index (χ3n) is 19.1. The second-order valence-corrected chi connectivity index (χ2v) is 23.8. The molecule has 0 atom stereocenters. The maximum Gasteiger partial charge on any atom is 0.256 e. The van der Waals surface area contributed by atoms with E-state index in [0.717, 1.165) is 101 Å². The Kier molecular flexibility index (Phi) is 10.8. The van der Waals surface area contributed by atoms with E-state index in [1.807, 2.05) is 0 Å². The fourth-order valence-corrected chi connectivity index (χ4v) is 15.4. The third kappa shape index (κ3) is 7.37. The van der Waals surface area contributed by atoms with Crippen LogP contribution in [-0.2, 0) is 0 Å². The highest BCUT2D eigenvalue weighted by Crippen LogP contribution is 2.52. The number of hydrogen-bond donors (Lipinski definition) is 0. The Hall–Kier alpha value is -11.7. The first-order valence-corrected chi connectivity index (χ1v) is 30.8. The van der Waals surface area contributed by atoms with E-state index in [4.69, 9.17) is 4.74 Å². The summed E-state index contributed by atoms with van der Waals surface area (Å²) < 4.78 is 12.5. The molecule has 15 aromatic carbocycles. The molecule has 2 aliphatic heterocycles. The fourth-order valence-electron chi connectivity index (χ4n) is 15.4. The molecule has 412 valence electrons. The molecule has 0 fully saturated rings. The van der Waals surface area contributed by atoms with E-state index in [2.05, 4.69) is 329 Å². The van der Waals surface area contributed by atoms with Crippen molar-refractivity contribution in [2.45, 2.75) is 0 Å². The quantitative estimate of drug-likeness (QED) is 0.117. The predicted octanol–water partition coefficient (Wildman–Crippen LogP) is 20.4. The third-order valence-corrected chi connectivity index (χ3v) is 19.1. The minimum absolute atomic E-state index is 0.213. The molecule has 0 saturated carbocycles. The Morgan fingerprint density at radius 1 is 0.270 bits per heavy atom. The number of anilines is 3. The highest BCUT2D eigenvalue weighted by Gasteiger charge is 2.44. The summed E-state index contributed by atoms with van der Waals surface area (Å²) >= 11 is 0. The lowest BCUT2D eigenvalue weighted by atomic mass is 9.34. The largest absolute Gasteiger partial charge is 0.458 e. The van der Waals surface area contributed by atoms with Gasteiger partial charge in [0.2, 0.25) is 0 Å². The average molecular weight is 1130 g/mol. The summed E-state index contributed by atoms with van der Waals surface area (Å²) in [6.45, 7) is -0.213. The Balaban J connectivity index is 0.941. The van der Waals surface area contributed by atoms with Crippen molar-refractivity contribution in [1.29, 1.82) is 0 Å². The van der Waals surface area contributed by atoms with E-state index >= 15 is 0 Å². The normalized spacial score (nSPS) is 12.5. The van der Waals surface area contributed by atoms with Crippen LogP contribution in [0.3, 0.4) is 0 Å². The van der Waals surface area contributed by atoms with E-state index < -0.39 is 0 Å². The van der Waals surface area contributed by atoms with Crippen LogP contribution in [0.2, 0.25) is 0 Å². The van der Waals surface area contributed by atoms with Crippen molar-refractivity contribution in [3.63, 3.8) is 0 Å². The second-order valence-electron chi connectivity index (χ2n) is 23.8. The number of benzene rings is 15. The Morgan fingerprint density at radius 3 is 1.28 bits per heavy atom. The molecule has 4 heterocycles. The first kappa shape index (κ1) is 49.6. The lowest BCUT2D eigenvalue weighted by Gasteiger charge is -2.42. The molecular formula is C84H52BN3O. The standard InChI is InChI=1S/C84H52BN3O/c1-3-23-54(24-4-1)60-38-22-39-61(55-25-5-2-6-26-55)84(60)88-77-49-56(81-67-34-9-11-36-69(67)82(70-37-12-10-35-68(70)81)66-40-21-28-53-27-7-8-29-59(53)66)45-47-71(77)85-72-48-46-57(86-73-41-17-13-30-62(73)63-31-14-18-42-74(63)86)51-79(72)89-80-52-58(50-78(88)83(80)85)87-75-43-19-15-32-64(75)65-33-16-20-44-76(65)87/h1-52H. The van der Waals surface area contributed by atoms with Gasteiger partial charge in [-0.2, -0.15) is 0 Å². The van der Waals surface area contributed by atoms with Crippen molar-refractivity contribution < 1.29 is 4.74 Å². The molecule has 0 amide bonds. The number of rotatable bonds is 7. The average Bonchev–Trinajstić information content (AvgIpc) is 1.70. The Labute approximate surface area is 514 Å². The van der Waals surface area contributed by atoms with Gasteiger partial charge >= 0.3 is 0 Å². The van der Waals surface area contributed by atoms with E-state index in [9.17, 15) is 0 Å². The molecule has 2 aliphatic rings. The van der Waals surface area contributed by atoms with E-state index in [0.29, 0.717) is 0 Å². The summed E-state index contributed by atoms with van der Waals surface area (Å²) in [5, 5.41) is 12.2. The van der Waals surface area contributed by atoms with Gasteiger partial charge in [-0.15, -0.1) is 0 Å². The molecule has 89 heavy (non-hydrogen) atoms. The molecule has 0 spiro atoms. The summed E-state index contributed by atoms with van der Waals surface area (Å²) in [5.74, 6) is 1.67. The molecule has 0 radical (unpaired) electrons. The smallest absolute Gasteiger partial charge is 0.256 e. The minimum atomic E-state index is -0.213. The highest BCUT2D eigenvalue weighted by atomic mass is 16.5. The van der Waals surface area contributed by atoms with Gasteiger partial charge in [-0.25, -0.2) is 0 Å². The van der Waals surface area contributed by atoms with Gasteiger partial charge in [0, 0.05) is 61.9 Å². The van der Waals surface area contributed by atoms with Gasteiger partial charge in [0.25, 0.3) is 6.71 Å². The molecule has 0 aliphatic carbocycles. The zero-order valence-electron chi connectivity index (χ0n) is 48.3. The van der Waals surface area contributed by atoms with Gasteiger partial charge in [-0.1, -0.05) is 261 Å². The molecule has 4 nitrogen and oxygen atoms in total.